The average molecular weight is 257 g/mol. The van der Waals surface area contributed by atoms with Gasteiger partial charge in [0.2, 0.25) is 0 Å². The molecular weight excluding hydrogens is 243 g/mol. The van der Waals surface area contributed by atoms with Gasteiger partial charge in [0, 0.05) is 65.2 Å². The summed E-state index contributed by atoms with van der Waals surface area (Å²) >= 11 is 0. The smallest absolute Gasteiger partial charge is 0.135 e. The molecule has 0 unspecified atom stereocenters. The maximum absolute atomic E-state index is 10.8. The quantitative estimate of drug-likeness (QED) is 0.688. The van der Waals surface area contributed by atoms with Gasteiger partial charge in [0.25, 0.3) is 0 Å². The summed E-state index contributed by atoms with van der Waals surface area (Å²) in [7, 11) is 0. The molecule has 0 amide bonds. The fourth-order valence-electron chi connectivity index (χ4n) is 1.31. The molecule has 1 saturated heterocycles. The van der Waals surface area contributed by atoms with E-state index in [2.05, 4.69) is 11.8 Å². The van der Waals surface area contributed by atoms with E-state index < -0.39 is 0 Å². The molecule has 0 aromatic rings. The SMILES string of the molecule is [CH2-]C(=O)CCN1CCC(=O)CC1.[Y]. The Hall–Kier alpha value is 0.274. The van der Waals surface area contributed by atoms with Gasteiger partial charge in [-0.25, -0.2) is 0 Å². The molecular formula is C9H14NO2Y-. The summed E-state index contributed by atoms with van der Waals surface area (Å²) in [6.45, 7) is 5.69. The van der Waals surface area contributed by atoms with Crippen LogP contribution in [0.15, 0.2) is 0 Å². The monoisotopic (exact) mass is 257 g/mol. The largest absolute Gasteiger partial charge is 0.339 e. The van der Waals surface area contributed by atoms with Gasteiger partial charge in [-0.3, -0.25) is 4.79 Å². The van der Waals surface area contributed by atoms with Gasteiger partial charge in [-0.2, -0.15) is 0 Å². The Balaban J connectivity index is 0.00000144. The zero-order valence-corrected chi connectivity index (χ0v) is 10.6. The zero-order valence-electron chi connectivity index (χ0n) is 7.79. The molecule has 0 saturated carbocycles. The molecule has 0 spiro atoms. The van der Waals surface area contributed by atoms with Gasteiger partial charge >= 0.3 is 0 Å². The standard InChI is InChI=1S/C9H14NO2.Y/c1-8(11)2-5-10-6-3-9(12)4-7-10;/h1-7H2;/q-1;. The van der Waals surface area contributed by atoms with Crippen molar-refractivity contribution in [3.05, 3.63) is 6.92 Å². The molecule has 0 bridgehead atoms. The Bertz CT molecular complexity index is 184. The molecule has 1 aliphatic heterocycles. The number of carbonyl (C=O) groups excluding carboxylic acids is 2. The number of piperidine rings is 1. The number of hydrogen-bond acceptors (Lipinski definition) is 3. The van der Waals surface area contributed by atoms with Crippen LogP contribution < -0.4 is 0 Å². The third-order valence-corrected chi connectivity index (χ3v) is 2.12. The van der Waals surface area contributed by atoms with Gasteiger partial charge in [0.05, 0.1) is 0 Å². The third kappa shape index (κ3) is 5.55. The first-order chi connectivity index (χ1) is 5.68. The first kappa shape index (κ1) is 13.3. The fourth-order valence-corrected chi connectivity index (χ4v) is 1.31. The number of Topliss-reactive ketones (excluding diaryl/α,β-unsaturated/α-hetero) is 2. The minimum atomic E-state index is -0.0214. The predicted octanol–water partition coefficient (Wildman–Crippen LogP) is 0.442. The molecule has 1 aliphatic rings. The second kappa shape index (κ2) is 6.69. The number of rotatable bonds is 3. The van der Waals surface area contributed by atoms with E-state index in [-0.39, 0.29) is 38.5 Å². The Morgan fingerprint density at radius 3 is 2.38 bits per heavy atom. The molecule has 13 heavy (non-hydrogen) atoms. The van der Waals surface area contributed by atoms with Crippen molar-refractivity contribution in [1.82, 2.24) is 4.90 Å². The topological polar surface area (TPSA) is 37.4 Å². The van der Waals surface area contributed by atoms with Crippen molar-refractivity contribution in [1.29, 1.82) is 0 Å². The second-order valence-corrected chi connectivity index (χ2v) is 3.17. The van der Waals surface area contributed by atoms with Crippen LogP contribution in [0.1, 0.15) is 19.3 Å². The second-order valence-electron chi connectivity index (χ2n) is 3.17. The molecule has 0 aliphatic carbocycles. The van der Waals surface area contributed by atoms with Crippen molar-refractivity contribution in [2.24, 2.45) is 0 Å². The summed E-state index contributed by atoms with van der Waals surface area (Å²) in [4.78, 5) is 23.5. The van der Waals surface area contributed by atoms with E-state index >= 15 is 0 Å². The summed E-state index contributed by atoms with van der Waals surface area (Å²) in [5.74, 6) is 0.319. The van der Waals surface area contributed by atoms with Crippen LogP contribution in [0.3, 0.4) is 0 Å². The van der Waals surface area contributed by atoms with Crippen molar-refractivity contribution in [3.8, 4) is 0 Å². The van der Waals surface area contributed by atoms with Gasteiger partial charge in [0.15, 0.2) is 0 Å². The molecule has 1 rings (SSSR count). The Kier molecular flexibility index (Phi) is 6.83. The summed E-state index contributed by atoms with van der Waals surface area (Å²) in [6, 6.07) is 0. The molecule has 0 N–H and O–H groups in total. The Morgan fingerprint density at radius 1 is 1.38 bits per heavy atom. The van der Waals surface area contributed by atoms with E-state index in [0.717, 1.165) is 19.6 Å². The van der Waals surface area contributed by atoms with Crippen molar-refractivity contribution < 1.29 is 42.3 Å². The van der Waals surface area contributed by atoms with E-state index in [0.29, 0.717) is 25.0 Å². The van der Waals surface area contributed by atoms with Crippen LogP contribution >= 0.6 is 0 Å². The normalized spacial score (nSPS) is 18.0. The van der Waals surface area contributed by atoms with E-state index in [4.69, 9.17) is 0 Å². The molecule has 71 valence electrons. The van der Waals surface area contributed by atoms with E-state index in [1.54, 1.807) is 0 Å². The van der Waals surface area contributed by atoms with Crippen LogP contribution in [0.2, 0.25) is 0 Å². The van der Waals surface area contributed by atoms with Crippen molar-refractivity contribution in [2.45, 2.75) is 19.3 Å². The molecule has 4 heteroatoms. The Labute approximate surface area is 104 Å². The molecule has 3 nitrogen and oxygen atoms in total. The van der Waals surface area contributed by atoms with Crippen LogP contribution in [0, 0.1) is 6.92 Å². The van der Waals surface area contributed by atoms with Crippen LogP contribution in [0.25, 0.3) is 0 Å². The molecule has 1 fully saturated rings. The maximum atomic E-state index is 10.8. The minimum Gasteiger partial charge on any atom is -0.339 e. The zero-order chi connectivity index (χ0) is 8.97. The van der Waals surface area contributed by atoms with E-state index in [1.807, 2.05) is 0 Å². The van der Waals surface area contributed by atoms with E-state index in [9.17, 15) is 9.59 Å². The average Bonchev–Trinajstić information content (AvgIpc) is 2.03. The summed E-state index contributed by atoms with van der Waals surface area (Å²) < 4.78 is 0. The van der Waals surface area contributed by atoms with Gasteiger partial charge < -0.3 is 16.6 Å². The summed E-state index contributed by atoms with van der Waals surface area (Å²) in [5, 5.41) is 0. The molecule has 1 heterocycles. The van der Waals surface area contributed by atoms with Crippen molar-refractivity contribution in [2.75, 3.05) is 19.6 Å². The van der Waals surface area contributed by atoms with Gasteiger partial charge in [-0.1, -0.05) is 0 Å². The third-order valence-electron chi connectivity index (χ3n) is 2.12. The Morgan fingerprint density at radius 2 is 1.92 bits per heavy atom. The molecule has 0 aromatic carbocycles. The van der Waals surface area contributed by atoms with E-state index in [1.165, 1.54) is 0 Å². The number of likely N-dealkylation sites (tertiary alicyclic amines) is 1. The van der Waals surface area contributed by atoms with Crippen molar-refractivity contribution in [3.63, 3.8) is 0 Å². The first-order valence-electron chi connectivity index (χ1n) is 4.27. The summed E-state index contributed by atoms with van der Waals surface area (Å²) in [5.41, 5.74) is 0. The molecule has 1 radical (unpaired) electrons. The van der Waals surface area contributed by atoms with Gasteiger partial charge in [0.1, 0.15) is 5.78 Å². The minimum absolute atomic E-state index is 0. The predicted molar refractivity (Wildman–Crippen MR) is 45.7 cm³/mol. The number of carbonyl (C=O) groups is 2. The number of ketones is 2. The van der Waals surface area contributed by atoms with Crippen LogP contribution in [0.5, 0.6) is 0 Å². The maximum Gasteiger partial charge on any atom is 0.135 e. The van der Waals surface area contributed by atoms with Gasteiger partial charge in [-0.05, 0) is 12.2 Å². The fraction of sp³-hybridized carbons (Fsp3) is 0.667. The van der Waals surface area contributed by atoms with Crippen LogP contribution in [-0.2, 0) is 42.3 Å². The number of nitrogens with zero attached hydrogens (tertiary/aromatic N) is 1. The van der Waals surface area contributed by atoms with Crippen molar-refractivity contribution >= 4 is 11.6 Å². The van der Waals surface area contributed by atoms with Gasteiger partial charge in [-0.15, -0.1) is 0 Å². The van der Waals surface area contributed by atoms with Crippen LogP contribution in [-0.4, -0.2) is 36.1 Å². The number of hydrogen-bond donors (Lipinski definition) is 0. The summed E-state index contributed by atoms with van der Waals surface area (Å²) in [6.07, 6.45) is 1.80. The first-order valence-corrected chi connectivity index (χ1v) is 4.27. The molecule has 0 aromatic heterocycles. The molecule has 0 atom stereocenters. The van der Waals surface area contributed by atoms with Crippen LogP contribution in [0.4, 0.5) is 0 Å².